The quantitative estimate of drug-likeness (QED) is 0.814. The van der Waals surface area contributed by atoms with E-state index < -0.39 is 0 Å². The molecule has 0 fully saturated rings. The summed E-state index contributed by atoms with van der Waals surface area (Å²) in [6.07, 6.45) is 1.79. The summed E-state index contributed by atoms with van der Waals surface area (Å²) in [6.45, 7) is 4.77. The number of fused-ring (bicyclic) bond motifs is 1. The first-order valence-electron chi connectivity index (χ1n) is 8.89. The number of amides is 2. The number of ether oxygens (including phenoxy) is 1. The molecule has 3 rings (SSSR count). The first kappa shape index (κ1) is 18.0. The molecule has 0 aliphatic carbocycles. The number of nitrogens with one attached hydrogen (secondary N) is 1. The van der Waals surface area contributed by atoms with Crippen molar-refractivity contribution in [2.75, 3.05) is 24.6 Å². The van der Waals surface area contributed by atoms with E-state index in [1.807, 2.05) is 12.1 Å². The largest absolute Gasteiger partial charge is 0.482 e. The van der Waals surface area contributed by atoms with Crippen LogP contribution in [0.5, 0.6) is 5.75 Å². The first-order chi connectivity index (χ1) is 12.5. The van der Waals surface area contributed by atoms with Gasteiger partial charge in [-0.25, -0.2) is 0 Å². The molecule has 2 aromatic rings. The van der Waals surface area contributed by atoms with Gasteiger partial charge in [0.1, 0.15) is 12.3 Å². The molecule has 0 spiro atoms. The maximum absolute atomic E-state index is 12.2. The third-order valence-corrected chi connectivity index (χ3v) is 4.55. The number of nitrogens with zero attached hydrogens (tertiary/aromatic N) is 1. The smallest absolute Gasteiger partial charge is 0.265 e. The zero-order valence-electron chi connectivity index (χ0n) is 15.2. The predicted molar refractivity (Wildman–Crippen MR) is 102 cm³/mol. The summed E-state index contributed by atoms with van der Waals surface area (Å²) in [7, 11) is 0. The van der Waals surface area contributed by atoms with Crippen LogP contribution >= 0.6 is 0 Å². The third-order valence-electron chi connectivity index (χ3n) is 4.55. The van der Waals surface area contributed by atoms with Gasteiger partial charge in [-0.2, -0.15) is 0 Å². The van der Waals surface area contributed by atoms with E-state index in [1.54, 1.807) is 12.1 Å². The van der Waals surface area contributed by atoms with Crippen LogP contribution in [-0.4, -0.2) is 31.5 Å². The Kier molecular flexibility index (Phi) is 5.56. The molecule has 0 radical (unpaired) electrons. The summed E-state index contributed by atoms with van der Waals surface area (Å²) >= 11 is 0. The molecule has 0 unspecified atom stereocenters. The summed E-state index contributed by atoms with van der Waals surface area (Å²) in [5.41, 5.74) is 4.50. The van der Waals surface area contributed by atoms with E-state index in [0.29, 0.717) is 18.0 Å². The Hall–Kier alpha value is -2.82. The number of rotatable bonds is 6. The van der Waals surface area contributed by atoms with Crippen LogP contribution in [-0.2, 0) is 16.0 Å². The van der Waals surface area contributed by atoms with E-state index in [-0.39, 0.29) is 25.0 Å². The van der Waals surface area contributed by atoms with Gasteiger partial charge in [-0.3, -0.25) is 14.5 Å². The molecule has 5 nitrogen and oxygen atoms in total. The van der Waals surface area contributed by atoms with E-state index in [9.17, 15) is 9.59 Å². The van der Waals surface area contributed by atoms with Gasteiger partial charge in [-0.1, -0.05) is 35.9 Å². The average Bonchev–Trinajstić information content (AvgIpc) is 2.62. The zero-order valence-corrected chi connectivity index (χ0v) is 15.2. The number of hydrogen-bond donors (Lipinski definition) is 1. The Morgan fingerprint density at radius 2 is 2.00 bits per heavy atom. The Labute approximate surface area is 154 Å². The van der Waals surface area contributed by atoms with Gasteiger partial charge in [0, 0.05) is 6.54 Å². The normalized spacial score (nSPS) is 13.2. The predicted octanol–water partition coefficient (Wildman–Crippen LogP) is 2.78. The number of aryl methyl sites for hydroxylation is 3. The highest BCUT2D eigenvalue weighted by Crippen LogP contribution is 2.31. The highest BCUT2D eigenvalue weighted by molar-refractivity contribution is 6.02. The fourth-order valence-electron chi connectivity index (χ4n) is 3.16. The van der Waals surface area contributed by atoms with Gasteiger partial charge in [0.05, 0.1) is 5.69 Å². The molecular weight excluding hydrogens is 328 g/mol. The highest BCUT2D eigenvalue weighted by Gasteiger charge is 2.26. The number of carbonyl (C=O) groups is 2. The van der Waals surface area contributed by atoms with Gasteiger partial charge in [0.2, 0.25) is 5.91 Å². The molecule has 0 bridgehead atoms. The minimum absolute atomic E-state index is 0.0166. The lowest BCUT2D eigenvalue weighted by Gasteiger charge is -2.28. The monoisotopic (exact) mass is 352 g/mol. The molecule has 1 heterocycles. The second-order valence-electron chi connectivity index (χ2n) is 6.62. The average molecular weight is 352 g/mol. The number of hydrogen-bond acceptors (Lipinski definition) is 3. The standard InChI is InChI=1S/C21H24N2O3/c1-15-9-10-17(16(2)12-15)6-5-11-22-20(24)13-23-18-7-3-4-8-19(18)26-14-21(23)25/h3-4,7-10,12H,5-6,11,13-14H2,1-2H3,(H,22,24). The first-order valence-corrected chi connectivity index (χ1v) is 8.89. The molecule has 1 aliphatic heterocycles. The lowest BCUT2D eigenvalue weighted by Crippen LogP contribution is -2.45. The number of carbonyl (C=O) groups excluding carboxylic acids is 2. The van der Waals surface area contributed by atoms with Crippen LogP contribution < -0.4 is 15.0 Å². The van der Waals surface area contributed by atoms with Crippen molar-refractivity contribution in [2.45, 2.75) is 26.7 Å². The van der Waals surface area contributed by atoms with Crippen LogP contribution in [0, 0.1) is 13.8 Å². The summed E-state index contributed by atoms with van der Waals surface area (Å²) in [6, 6.07) is 13.7. The summed E-state index contributed by atoms with van der Waals surface area (Å²) < 4.78 is 5.39. The van der Waals surface area contributed by atoms with Crippen LogP contribution in [0.4, 0.5) is 5.69 Å². The van der Waals surface area contributed by atoms with Crippen LogP contribution in [0.3, 0.4) is 0 Å². The molecular formula is C21H24N2O3. The van der Waals surface area contributed by atoms with Gasteiger partial charge in [-0.05, 0) is 49.9 Å². The van der Waals surface area contributed by atoms with Crippen molar-refractivity contribution in [3.8, 4) is 5.75 Å². The third kappa shape index (κ3) is 4.23. The zero-order chi connectivity index (χ0) is 18.5. The van der Waals surface area contributed by atoms with Crippen molar-refractivity contribution in [3.63, 3.8) is 0 Å². The number of para-hydroxylation sites is 2. The maximum atomic E-state index is 12.2. The summed E-state index contributed by atoms with van der Waals surface area (Å²) in [5, 5.41) is 2.91. The maximum Gasteiger partial charge on any atom is 0.265 e. The van der Waals surface area contributed by atoms with Crippen molar-refractivity contribution in [1.29, 1.82) is 0 Å². The number of benzene rings is 2. The molecule has 0 atom stereocenters. The highest BCUT2D eigenvalue weighted by atomic mass is 16.5. The Morgan fingerprint density at radius 1 is 1.19 bits per heavy atom. The minimum atomic E-state index is -0.200. The molecule has 2 aromatic carbocycles. The van der Waals surface area contributed by atoms with Crippen LogP contribution in [0.2, 0.25) is 0 Å². The van der Waals surface area contributed by atoms with Crippen molar-refractivity contribution in [1.82, 2.24) is 5.32 Å². The SMILES string of the molecule is Cc1ccc(CCCNC(=O)CN2C(=O)COc3ccccc32)c(C)c1. The molecule has 2 amide bonds. The second kappa shape index (κ2) is 8.04. The molecule has 1 aliphatic rings. The number of anilines is 1. The van der Waals surface area contributed by atoms with E-state index in [4.69, 9.17) is 4.74 Å². The fraction of sp³-hybridized carbons (Fsp3) is 0.333. The summed E-state index contributed by atoms with van der Waals surface area (Å²) in [5.74, 6) is 0.277. The Bertz CT molecular complexity index is 817. The van der Waals surface area contributed by atoms with Crippen LogP contribution in [0.15, 0.2) is 42.5 Å². The van der Waals surface area contributed by atoms with E-state index in [1.165, 1.54) is 21.6 Å². The minimum Gasteiger partial charge on any atom is -0.482 e. The molecule has 136 valence electrons. The molecule has 0 aromatic heterocycles. The van der Waals surface area contributed by atoms with E-state index in [2.05, 4.69) is 37.4 Å². The van der Waals surface area contributed by atoms with Gasteiger partial charge >= 0.3 is 0 Å². The molecule has 26 heavy (non-hydrogen) atoms. The van der Waals surface area contributed by atoms with Gasteiger partial charge < -0.3 is 10.1 Å². The van der Waals surface area contributed by atoms with Crippen molar-refractivity contribution in [2.24, 2.45) is 0 Å². The van der Waals surface area contributed by atoms with Gasteiger partial charge in [-0.15, -0.1) is 0 Å². The lowest BCUT2D eigenvalue weighted by molar-refractivity contribution is -0.125. The Balaban J connectivity index is 1.49. The van der Waals surface area contributed by atoms with Crippen molar-refractivity contribution < 1.29 is 14.3 Å². The molecule has 1 N–H and O–H groups in total. The van der Waals surface area contributed by atoms with Crippen LogP contribution in [0.1, 0.15) is 23.1 Å². The second-order valence-corrected chi connectivity index (χ2v) is 6.62. The molecule has 0 saturated heterocycles. The molecule has 5 heteroatoms. The van der Waals surface area contributed by atoms with Crippen LogP contribution in [0.25, 0.3) is 0 Å². The topological polar surface area (TPSA) is 58.6 Å². The van der Waals surface area contributed by atoms with Crippen molar-refractivity contribution in [3.05, 3.63) is 59.2 Å². The fourth-order valence-corrected chi connectivity index (χ4v) is 3.16. The summed E-state index contributed by atoms with van der Waals surface area (Å²) in [4.78, 5) is 25.8. The lowest BCUT2D eigenvalue weighted by atomic mass is 10.0. The van der Waals surface area contributed by atoms with E-state index in [0.717, 1.165) is 12.8 Å². The van der Waals surface area contributed by atoms with E-state index >= 15 is 0 Å². The van der Waals surface area contributed by atoms with Gasteiger partial charge in [0.25, 0.3) is 5.91 Å². The van der Waals surface area contributed by atoms with Gasteiger partial charge in [0.15, 0.2) is 6.61 Å². The van der Waals surface area contributed by atoms with Crippen molar-refractivity contribution >= 4 is 17.5 Å². The molecule has 0 saturated carbocycles. The Morgan fingerprint density at radius 3 is 2.81 bits per heavy atom.